The molecule has 0 aliphatic carbocycles. The van der Waals surface area contributed by atoms with Gasteiger partial charge in [0, 0.05) is 23.8 Å². The van der Waals surface area contributed by atoms with Gasteiger partial charge in [0.25, 0.3) is 11.2 Å². The number of hydrogen-bond acceptors (Lipinski definition) is 4. The number of rotatable bonds is 5. The third-order valence-corrected chi connectivity index (χ3v) is 3.30. The number of amides is 1. The van der Waals surface area contributed by atoms with Crippen molar-refractivity contribution in [1.82, 2.24) is 9.88 Å². The summed E-state index contributed by atoms with van der Waals surface area (Å²) in [6, 6.07) is 4.21. The molecule has 2 aromatic rings. The summed E-state index contributed by atoms with van der Waals surface area (Å²) in [6.45, 7) is 1.03. The highest BCUT2D eigenvalue weighted by Gasteiger charge is 2.16. The van der Waals surface area contributed by atoms with E-state index >= 15 is 0 Å². The van der Waals surface area contributed by atoms with Gasteiger partial charge in [-0.15, -0.1) is 0 Å². The van der Waals surface area contributed by atoms with Crippen molar-refractivity contribution in [2.75, 3.05) is 0 Å². The summed E-state index contributed by atoms with van der Waals surface area (Å²) in [5.74, 6) is -2.19. The lowest BCUT2D eigenvalue weighted by Gasteiger charge is -2.15. The van der Waals surface area contributed by atoms with E-state index in [-0.39, 0.29) is 11.3 Å². The molecular formula is C15H13F2N3O4. The zero-order valence-electron chi connectivity index (χ0n) is 12.5. The highest BCUT2D eigenvalue weighted by Crippen LogP contribution is 2.17. The SMILES string of the molecule is C[C@H](NC(=O)Cn1cc([N+](=O)[O-])ccc1=O)c1ccc(F)cc1F. The fraction of sp³-hybridized carbons (Fsp3) is 0.200. The maximum absolute atomic E-state index is 13.7. The van der Waals surface area contributed by atoms with Gasteiger partial charge in [-0.05, 0) is 13.0 Å². The van der Waals surface area contributed by atoms with E-state index in [9.17, 15) is 28.5 Å². The molecule has 1 atom stereocenters. The summed E-state index contributed by atoms with van der Waals surface area (Å²) in [5, 5.41) is 13.1. The molecule has 0 aliphatic heterocycles. The van der Waals surface area contributed by atoms with E-state index in [4.69, 9.17) is 0 Å². The molecule has 0 aliphatic rings. The van der Waals surface area contributed by atoms with E-state index in [0.717, 1.165) is 29.0 Å². The number of nitro groups is 1. The second kappa shape index (κ2) is 6.99. The van der Waals surface area contributed by atoms with Crippen molar-refractivity contribution in [3.63, 3.8) is 0 Å². The topological polar surface area (TPSA) is 94.2 Å². The Balaban J connectivity index is 2.12. The Morgan fingerprint density at radius 2 is 2.04 bits per heavy atom. The molecule has 0 saturated heterocycles. The molecular weight excluding hydrogens is 324 g/mol. The van der Waals surface area contributed by atoms with Crippen LogP contribution in [0.1, 0.15) is 18.5 Å². The standard InChI is InChI=1S/C15H13F2N3O4/c1-9(12-4-2-10(16)6-13(12)17)18-14(21)8-19-7-11(20(23)24)3-5-15(19)22/h2-7,9H,8H2,1H3,(H,18,21)/t9-/m0/s1. The number of halogens is 2. The Morgan fingerprint density at radius 1 is 1.33 bits per heavy atom. The lowest BCUT2D eigenvalue weighted by molar-refractivity contribution is -0.385. The summed E-state index contributed by atoms with van der Waals surface area (Å²) in [7, 11) is 0. The van der Waals surface area contributed by atoms with Crippen LogP contribution in [0.2, 0.25) is 0 Å². The zero-order chi connectivity index (χ0) is 17.9. The normalized spacial score (nSPS) is 11.8. The number of carbonyl (C=O) groups excluding carboxylic acids is 1. The van der Waals surface area contributed by atoms with Crippen LogP contribution in [-0.4, -0.2) is 15.4 Å². The highest BCUT2D eigenvalue weighted by atomic mass is 19.1. The number of pyridine rings is 1. The minimum absolute atomic E-state index is 0.0798. The van der Waals surface area contributed by atoms with Gasteiger partial charge in [-0.2, -0.15) is 0 Å². The molecule has 1 amide bonds. The van der Waals surface area contributed by atoms with Gasteiger partial charge in [-0.25, -0.2) is 8.78 Å². The molecule has 24 heavy (non-hydrogen) atoms. The predicted molar refractivity (Wildman–Crippen MR) is 80.3 cm³/mol. The molecule has 2 rings (SSSR count). The Labute approximate surface area is 134 Å². The Kier molecular flexibility index (Phi) is 5.02. The van der Waals surface area contributed by atoms with Crippen LogP contribution in [0.3, 0.4) is 0 Å². The Hall–Kier alpha value is -3.10. The summed E-state index contributed by atoms with van der Waals surface area (Å²) in [5.41, 5.74) is -0.840. The average molecular weight is 337 g/mol. The van der Waals surface area contributed by atoms with Crippen LogP contribution in [0, 0.1) is 21.7 Å². The first-order valence-corrected chi connectivity index (χ1v) is 6.87. The lowest BCUT2D eigenvalue weighted by Crippen LogP contribution is -2.33. The van der Waals surface area contributed by atoms with E-state index in [1.807, 2.05) is 0 Å². The monoisotopic (exact) mass is 337 g/mol. The van der Waals surface area contributed by atoms with Crippen LogP contribution >= 0.6 is 0 Å². The van der Waals surface area contributed by atoms with Gasteiger partial charge in [0.15, 0.2) is 0 Å². The molecule has 1 heterocycles. The first kappa shape index (κ1) is 17.3. The fourth-order valence-electron chi connectivity index (χ4n) is 2.12. The third-order valence-electron chi connectivity index (χ3n) is 3.30. The minimum Gasteiger partial charge on any atom is -0.348 e. The molecule has 0 saturated carbocycles. The second-order valence-corrected chi connectivity index (χ2v) is 5.07. The van der Waals surface area contributed by atoms with E-state index in [0.29, 0.717) is 6.07 Å². The summed E-state index contributed by atoms with van der Waals surface area (Å²) in [4.78, 5) is 33.6. The molecule has 7 nitrogen and oxygen atoms in total. The van der Waals surface area contributed by atoms with Gasteiger partial charge >= 0.3 is 0 Å². The van der Waals surface area contributed by atoms with Gasteiger partial charge in [0.05, 0.1) is 17.2 Å². The second-order valence-electron chi connectivity index (χ2n) is 5.07. The van der Waals surface area contributed by atoms with E-state index in [1.165, 1.54) is 13.0 Å². The molecule has 0 bridgehead atoms. The van der Waals surface area contributed by atoms with Crippen LogP contribution < -0.4 is 10.9 Å². The molecule has 1 N–H and O–H groups in total. The Bertz CT molecular complexity index is 851. The quantitative estimate of drug-likeness (QED) is 0.666. The molecule has 9 heteroatoms. The molecule has 0 spiro atoms. The summed E-state index contributed by atoms with van der Waals surface area (Å²) >= 11 is 0. The van der Waals surface area contributed by atoms with Crippen LogP contribution in [0.15, 0.2) is 41.3 Å². The molecule has 0 radical (unpaired) electrons. The molecule has 0 fully saturated rings. The van der Waals surface area contributed by atoms with Crippen LogP contribution in [0.5, 0.6) is 0 Å². The first-order chi connectivity index (χ1) is 11.3. The number of carbonyl (C=O) groups is 1. The smallest absolute Gasteiger partial charge is 0.285 e. The highest BCUT2D eigenvalue weighted by molar-refractivity contribution is 5.76. The fourth-order valence-corrected chi connectivity index (χ4v) is 2.12. The van der Waals surface area contributed by atoms with E-state index in [1.54, 1.807) is 0 Å². The van der Waals surface area contributed by atoms with E-state index in [2.05, 4.69) is 5.32 Å². The maximum atomic E-state index is 13.7. The van der Waals surface area contributed by atoms with Crippen molar-refractivity contribution in [1.29, 1.82) is 0 Å². The van der Waals surface area contributed by atoms with E-state index < -0.39 is 40.6 Å². The number of nitrogens with one attached hydrogen (secondary N) is 1. The Morgan fingerprint density at radius 3 is 2.67 bits per heavy atom. The number of nitrogens with zero attached hydrogens (tertiary/aromatic N) is 2. The average Bonchev–Trinajstić information content (AvgIpc) is 2.48. The van der Waals surface area contributed by atoms with Crippen molar-refractivity contribution in [2.45, 2.75) is 19.5 Å². The van der Waals surface area contributed by atoms with Gasteiger partial charge in [-0.3, -0.25) is 24.3 Å². The van der Waals surface area contributed by atoms with Crippen molar-refractivity contribution < 1.29 is 18.5 Å². The van der Waals surface area contributed by atoms with Crippen LogP contribution in [0.4, 0.5) is 14.5 Å². The predicted octanol–water partition coefficient (Wildman–Crippen LogP) is 1.91. The van der Waals surface area contributed by atoms with Gasteiger partial charge in [0.1, 0.15) is 18.2 Å². The summed E-state index contributed by atoms with van der Waals surface area (Å²) in [6.07, 6.45) is 0.949. The zero-order valence-corrected chi connectivity index (χ0v) is 12.5. The molecule has 1 aromatic heterocycles. The molecule has 0 unspecified atom stereocenters. The van der Waals surface area contributed by atoms with Gasteiger partial charge in [0.2, 0.25) is 5.91 Å². The molecule has 1 aromatic carbocycles. The van der Waals surface area contributed by atoms with Crippen molar-refractivity contribution in [3.05, 3.63) is 74.2 Å². The van der Waals surface area contributed by atoms with Crippen LogP contribution in [0.25, 0.3) is 0 Å². The lowest BCUT2D eigenvalue weighted by atomic mass is 10.1. The number of aromatic nitrogens is 1. The minimum atomic E-state index is -0.810. The molecule has 126 valence electrons. The maximum Gasteiger partial charge on any atom is 0.285 e. The first-order valence-electron chi connectivity index (χ1n) is 6.87. The van der Waals surface area contributed by atoms with Crippen molar-refractivity contribution in [2.24, 2.45) is 0 Å². The van der Waals surface area contributed by atoms with Crippen molar-refractivity contribution in [3.8, 4) is 0 Å². The van der Waals surface area contributed by atoms with Gasteiger partial charge < -0.3 is 5.32 Å². The van der Waals surface area contributed by atoms with Crippen LogP contribution in [-0.2, 0) is 11.3 Å². The summed E-state index contributed by atoms with van der Waals surface area (Å²) < 4.78 is 27.4. The number of hydrogen-bond donors (Lipinski definition) is 1. The largest absolute Gasteiger partial charge is 0.348 e. The third kappa shape index (κ3) is 4.00. The number of benzene rings is 1. The van der Waals surface area contributed by atoms with Crippen molar-refractivity contribution >= 4 is 11.6 Å². The van der Waals surface area contributed by atoms with Gasteiger partial charge in [-0.1, -0.05) is 6.07 Å².